The predicted molar refractivity (Wildman–Crippen MR) is 67.6 cm³/mol. The van der Waals surface area contributed by atoms with Gasteiger partial charge in [-0.15, -0.1) is 0 Å². The second kappa shape index (κ2) is 8.44. The molecule has 0 radical (unpaired) electrons. The van der Waals surface area contributed by atoms with E-state index in [1.807, 2.05) is 20.8 Å². The van der Waals surface area contributed by atoms with Gasteiger partial charge in [-0.05, 0) is 52.6 Å². The Morgan fingerprint density at radius 2 is 2.00 bits per heavy atom. The summed E-state index contributed by atoms with van der Waals surface area (Å²) in [5, 5.41) is 12.6. The molecule has 1 rings (SSSR count). The van der Waals surface area contributed by atoms with E-state index >= 15 is 0 Å². The molecule has 17 heavy (non-hydrogen) atoms. The molecule has 0 aromatic heterocycles. The fraction of sp³-hybridized carbons (Fsp3) is 0.917. The van der Waals surface area contributed by atoms with Crippen molar-refractivity contribution < 1.29 is 14.6 Å². The first-order valence-electron chi connectivity index (χ1n) is 6.11. The van der Waals surface area contributed by atoms with Crippen LogP contribution in [0.5, 0.6) is 0 Å². The molecule has 1 atom stereocenters. The van der Waals surface area contributed by atoms with Crippen molar-refractivity contribution in [1.82, 2.24) is 5.32 Å². The standard InChI is InChI=1S/C7H16N2O.C5H10O2/c8-5-7(10)6-1-3-9-4-2-6;1-5(2,3)7-4-6/h6-7,9-10H,1-5,8H2;4H,1-3H3. The van der Waals surface area contributed by atoms with Gasteiger partial charge in [0.05, 0.1) is 6.10 Å². The summed E-state index contributed by atoms with van der Waals surface area (Å²) >= 11 is 0. The van der Waals surface area contributed by atoms with Crippen LogP contribution in [-0.2, 0) is 9.53 Å². The maximum atomic E-state index is 9.60. The number of carbonyl (C=O) groups excluding carboxylic acids is 1. The molecule has 1 aliphatic rings. The molecule has 0 bridgehead atoms. The second-order valence-corrected chi connectivity index (χ2v) is 5.22. The van der Waals surface area contributed by atoms with Gasteiger partial charge in [-0.25, -0.2) is 0 Å². The molecule has 0 aromatic rings. The molecule has 0 aromatic carbocycles. The molecule has 0 saturated carbocycles. The smallest absolute Gasteiger partial charge is 0.293 e. The van der Waals surface area contributed by atoms with Crippen molar-refractivity contribution in [2.75, 3.05) is 19.6 Å². The number of hydrogen-bond donors (Lipinski definition) is 3. The van der Waals surface area contributed by atoms with Crippen LogP contribution in [0.4, 0.5) is 0 Å². The van der Waals surface area contributed by atoms with Crippen LogP contribution in [0, 0.1) is 5.92 Å². The van der Waals surface area contributed by atoms with Gasteiger partial charge in [-0.3, -0.25) is 4.79 Å². The van der Waals surface area contributed by atoms with E-state index in [0.717, 1.165) is 25.9 Å². The van der Waals surface area contributed by atoms with Gasteiger partial charge in [0, 0.05) is 6.54 Å². The van der Waals surface area contributed by atoms with Gasteiger partial charge in [-0.1, -0.05) is 0 Å². The van der Waals surface area contributed by atoms with Crippen molar-refractivity contribution in [2.24, 2.45) is 11.7 Å². The third kappa shape index (κ3) is 9.09. The highest BCUT2D eigenvalue weighted by Crippen LogP contribution is 2.14. The van der Waals surface area contributed by atoms with Crippen LogP contribution in [0.25, 0.3) is 0 Å². The number of carbonyl (C=O) groups is 1. The zero-order valence-corrected chi connectivity index (χ0v) is 11.1. The molecule has 0 aliphatic carbocycles. The minimum Gasteiger partial charge on any atom is -0.462 e. The Labute approximate surface area is 104 Å². The third-order valence-corrected chi connectivity index (χ3v) is 2.57. The van der Waals surface area contributed by atoms with E-state index in [1.165, 1.54) is 0 Å². The molecule has 1 fully saturated rings. The van der Waals surface area contributed by atoms with E-state index in [9.17, 15) is 9.90 Å². The van der Waals surface area contributed by atoms with Gasteiger partial charge in [0.15, 0.2) is 0 Å². The van der Waals surface area contributed by atoms with Crippen molar-refractivity contribution in [2.45, 2.75) is 45.3 Å². The van der Waals surface area contributed by atoms with Gasteiger partial charge in [0.1, 0.15) is 5.60 Å². The second-order valence-electron chi connectivity index (χ2n) is 5.22. The van der Waals surface area contributed by atoms with E-state index in [4.69, 9.17) is 5.73 Å². The summed E-state index contributed by atoms with van der Waals surface area (Å²) in [7, 11) is 0. The molecule has 5 nitrogen and oxygen atoms in total. The molecule has 5 heteroatoms. The molecule has 4 N–H and O–H groups in total. The number of hydrogen-bond acceptors (Lipinski definition) is 5. The number of rotatable bonds is 3. The largest absolute Gasteiger partial charge is 0.462 e. The number of aliphatic hydroxyl groups is 1. The van der Waals surface area contributed by atoms with Crippen LogP contribution < -0.4 is 11.1 Å². The Bertz CT molecular complexity index is 198. The Kier molecular flexibility index (Phi) is 8.12. The Morgan fingerprint density at radius 1 is 1.47 bits per heavy atom. The van der Waals surface area contributed by atoms with Crippen LogP contribution in [0.2, 0.25) is 0 Å². The van der Waals surface area contributed by atoms with E-state index in [0.29, 0.717) is 18.9 Å². The van der Waals surface area contributed by atoms with Crippen LogP contribution in [0.1, 0.15) is 33.6 Å². The van der Waals surface area contributed by atoms with E-state index in [1.54, 1.807) is 0 Å². The van der Waals surface area contributed by atoms with E-state index in [-0.39, 0.29) is 11.7 Å². The lowest BCUT2D eigenvalue weighted by atomic mass is 9.92. The summed E-state index contributed by atoms with van der Waals surface area (Å²) in [5.41, 5.74) is 5.01. The number of nitrogens with two attached hydrogens (primary N) is 1. The molecule has 0 spiro atoms. The first-order valence-corrected chi connectivity index (χ1v) is 6.11. The summed E-state index contributed by atoms with van der Waals surface area (Å²) in [4.78, 5) is 9.60. The average molecular weight is 246 g/mol. The van der Waals surface area contributed by atoms with Crippen LogP contribution >= 0.6 is 0 Å². The summed E-state index contributed by atoms with van der Waals surface area (Å²) < 4.78 is 4.55. The topological polar surface area (TPSA) is 84.6 Å². The van der Waals surface area contributed by atoms with Gasteiger partial charge in [0.2, 0.25) is 0 Å². The maximum Gasteiger partial charge on any atom is 0.293 e. The first-order chi connectivity index (χ1) is 7.90. The molecule has 1 saturated heterocycles. The van der Waals surface area contributed by atoms with Crippen LogP contribution in [-0.4, -0.2) is 42.9 Å². The average Bonchev–Trinajstić information content (AvgIpc) is 2.28. The summed E-state index contributed by atoms with van der Waals surface area (Å²) in [6, 6.07) is 0. The van der Waals surface area contributed by atoms with Gasteiger partial charge in [-0.2, -0.15) is 0 Å². The van der Waals surface area contributed by atoms with Crippen molar-refractivity contribution in [3.8, 4) is 0 Å². The maximum absolute atomic E-state index is 9.60. The Hall–Kier alpha value is -0.650. The van der Waals surface area contributed by atoms with Gasteiger partial charge < -0.3 is 20.9 Å². The number of ether oxygens (including phenoxy) is 1. The molecule has 1 aliphatic heterocycles. The highest BCUT2D eigenvalue weighted by Gasteiger charge is 2.19. The lowest BCUT2D eigenvalue weighted by Crippen LogP contribution is -2.37. The predicted octanol–water partition coefficient (Wildman–Crippen LogP) is 0.264. The lowest BCUT2D eigenvalue weighted by Gasteiger charge is -2.26. The Balaban J connectivity index is 0.000000325. The summed E-state index contributed by atoms with van der Waals surface area (Å²) in [6.07, 6.45) is 1.86. The molecule has 102 valence electrons. The van der Waals surface area contributed by atoms with Crippen molar-refractivity contribution in [3.05, 3.63) is 0 Å². The first kappa shape index (κ1) is 16.4. The highest BCUT2D eigenvalue weighted by molar-refractivity contribution is 5.37. The minimum atomic E-state index is -0.318. The monoisotopic (exact) mass is 246 g/mol. The summed E-state index contributed by atoms with van der Waals surface area (Å²) in [5.74, 6) is 0.436. The van der Waals surface area contributed by atoms with Gasteiger partial charge in [0.25, 0.3) is 6.47 Å². The van der Waals surface area contributed by atoms with Crippen LogP contribution in [0.3, 0.4) is 0 Å². The fourth-order valence-corrected chi connectivity index (χ4v) is 1.57. The van der Waals surface area contributed by atoms with Crippen LogP contribution in [0.15, 0.2) is 0 Å². The van der Waals surface area contributed by atoms with Crippen molar-refractivity contribution in [1.29, 1.82) is 0 Å². The van der Waals surface area contributed by atoms with Gasteiger partial charge >= 0.3 is 0 Å². The van der Waals surface area contributed by atoms with Crippen molar-refractivity contribution >= 4 is 6.47 Å². The third-order valence-electron chi connectivity index (χ3n) is 2.57. The number of nitrogens with one attached hydrogen (secondary N) is 1. The molecule has 0 amide bonds. The zero-order chi connectivity index (χ0) is 13.3. The minimum absolute atomic E-state index is 0.276. The number of piperidine rings is 1. The van der Waals surface area contributed by atoms with E-state index in [2.05, 4.69) is 10.1 Å². The fourth-order valence-electron chi connectivity index (χ4n) is 1.57. The number of aliphatic hydroxyl groups excluding tert-OH is 1. The van der Waals surface area contributed by atoms with E-state index < -0.39 is 0 Å². The molecular formula is C12H26N2O3. The SMILES string of the molecule is CC(C)(C)OC=O.NCC(O)C1CCNCC1. The summed E-state index contributed by atoms with van der Waals surface area (Å²) in [6.45, 7) is 8.39. The molecule has 1 unspecified atom stereocenters. The zero-order valence-electron chi connectivity index (χ0n) is 11.1. The lowest BCUT2D eigenvalue weighted by molar-refractivity contribution is -0.138. The normalized spacial score (nSPS) is 18.9. The van der Waals surface area contributed by atoms with Crippen molar-refractivity contribution in [3.63, 3.8) is 0 Å². The Morgan fingerprint density at radius 3 is 2.29 bits per heavy atom. The molecule has 1 heterocycles. The quantitative estimate of drug-likeness (QED) is 0.622. The molecular weight excluding hydrogens is 220 g/mol. The highest BCUT2D eigenvalue weighted by atomic mass is 16.5.